The average molecular weight is 434 g/mol. The maximum Gasteiger partial charge on any atom is 0.416 e. The molecule has 1 saturated heterocycles. The van der Waals surface area contributed by atoms with Gasteiger partial charge in [0.05, 0.1) is 23.7 Å². The fourth-order valence-electron chi connectivity index (χ4n) is 2.62. The summed E-state index contributed by atoms with van der Waals surface area (Å²) in [7, 11) is 1.44. The number of carbonyl (C=O) groups is 1. The second-order valence-corrected chi connectivity index (χ2v) is 7.51. The van der Waals surface area contributed by atoms with Crippen molar-refractivity contribution < 1.29 is 14.3 Å². The number of aromatic nitrogens is 2. The van der Waals surface area contributed by atoms with Crippen LogP contribution in [-0.4, -0.2) is 54.3 Å². The average Bonchev–Trinajstić information content (AvgIpc) is 3.24. The third-order valence-corrected chi connectivity index (χ3v) is 5.78. The molecule has 2 atom stereocenters. The number of hydroxylamine groups is 2. The summed E-state index contributed by atoms with van der Waals surface area (Å²) in [5.41, 5.74) is 0.404. The van der Waals surface area contributed by atoms with Crippen LogP contribution in [0, 0.1) is 5.21 Å². The highest BCUT2D eigenvalue weighted by Gasteiger charge is 2.46. The molecular weight excluding hydrogens is 417 g/mol. The number of nitrogens with one attached hydrogen (secondary N) is 1. The zero-order valence-electron chi connectivity index (χ0n) is 14.5. The number of hydrogen-bond acceptors (Lipinski definition) is 8. The van der Waals surface area contributed by atoms with Crippen LogP contribution in [0.1, 0.15) is 6.92 Å². The van der Waals surface area contributed by atoms with Crippen LogP contribution >= 0.6 is 34.5 Å². The number of ether oxygens (including phenoxy) is 2. The van der Waals surface area contributed by atoms with Gasteiger partial charge >= 0.3 is 11.2 Å². The molecule has 1 aliphatic rings. The van der Waals surface area contributed by atoms with Gasteiger partial charge in [-0.15, -0.1) is 0 Å². The number of amides is 1. The largest absolute Gasteiger partial charge is 0.622 e. The molecule has 2 heterocycles. The SMILES string of the molecule is CCN1CC(OC(=O)Nc2ccc(Cl)c(Cl)c2)[N+]([O-])(c2nnc(OC)s2)C1. The minimum atomic E-state index is -0.995. The lowest BCUT2D eigenvalue weighted by Gasteiger charge is -2.38. The monoisotopic (exact) mass is 433 g/mol. The Balaban J connectivity index is 1.75. The summed E-state index contributed by atoms with van der Waals surface area (Å²) in [6.07, 6.45) is -1.77. The lowest BCUT2D eigenvalue weighted by molar-refractivity contribution is 0.0552. The number of benzene rings is 1. The Morgan fingerprint density at radius 2 is 2.22 bits per heavy atom. The lowest BCUT2D eigenvalue weighted by Crippen LogP contribution is -2.51. The van der Waals surface area contributed by atoms with Crippen LogP contribution < -0.4 is 14.7 Å². The first kappa shape index (κ1) is 20.1. The molecular formula is C15H17Cl2N5O4S. The zero-order valence-corrected chi connectivity index (χ0v) is 16.8. The van der Waals surface area contributed by atoms with Crippen molar-refractivity contribution >= 4 is 51.5 Å². The van der Waals surface area contributed by atoms with Crippen LogP contribution in [0.3, 0.4) is 0 Å². The molecule has 2 aromatic rings. The molecule has 27 heavy (non-hydrogen) atoms. The Morgan fingerprint density at radius 1 is 1.44 bits per heavy atom. The summed E-state index contributed by atoms with van der Waals surface area (Å²) < 4.78 is 9.49. The van der Waals surface area contributed by atoms with Gasteiger partial charge in [-0.05, 0) is 18.2 Å². The first-order valence-electron chi connectivity index (χ1n) is 7.97. The van der Waals surface area contributed by atoms with Crippen molar-refractivity contribution in [3.8, 4) is 5.19 Å². The van der Waals surface area contributed by atoms with E-state index in [1.54, 1.807) is 12.1 Å². The molecule has 0 spiro atoms. The number of likely N-dealkylation sites (N-methyl/N-ethyl adjacent to an activating group) is 1. The van der Waals surface area contributed by atoms with Crippen LogP contribution in [0.5, 0.6) is 5.19 Å². The topological polar surface area (TPSA) is 99.6 Å². The summed E-state index contributed by atoms with van der Waals surface area (Å²) >= 11 is 12.8. The fraction of sp³-hybridized carbons (Fsp3) is 0.400. The van der Waals surface area contributed by atoms with Crippen LogP contribution in [0.25, 0.3) is 0 Å². The molecule has 1 N–H and O–H groups in total. The summed E-state index contributed by atoms with van der Waals surface area (Å²) in [6, 6.07) is 4.62. The molecule has 2 unspecified atom stereocenters. The van der Waals surface area contributed by atoms with Crippen molar-refractivity contribution in [2.24, 2.45) is 0 Å². The van der Waals surface area contributed by atoms with Gasteiger partial charge in [-0.3, -0.25) is 9.96 Å². The number of anilines is 1. The van der Waals surface area contributed by atoms with Gasteiger partial charge < -0.3 is 14.7 Å². The Kier molecular flexibility index (Phi) is 6.04. The van der Waals surface area contributed by atoms with E-state index in [-0.39, 0.29) is 23.5 Å². The number of hydrogen-bond donors (Lipinski definition) is 1. The van der Waals surface area contributed by atoms with Gasteiger partial charge in [0.2, 0.25) is 0 Å². The lowest BCUT2D eigenvalue weighted by atomic mass is 10.3. The van der Waals surface area contributed by atoms with Crippen molar-refractivity contribution in [2.45, 2.75) is 13.2 Å². The van der Waals surface area contributed by atoms with E-state index in [0.29, 0.717) is 22.3 Å². The van der Waals surface area contributed by atoms with Crippen LogP contribution in [-0.2, 0) is 4.74 Å². The number of halogens is 2. The van der Waals surface area contributed by atoms with E-state index in [2.05, 4.69) is 15.5 Å². The predicted molar refractivity (Wildman–Crippen MR) is 104 cm³/mol. The first-order chi connectivity index (χ1) is 12.9. The maximum atomic E-state index is 13.4. The van der Waals surface area contributed by atoms with E-state index in [1.807, 2.05) is 11.8 Å². The van der Waals surface area contributed by atoms with Crippen LogP contribution in [0.15, 0.2) is 18.2 Å². The normalized spacial score (nSPS) is 22.6. The highest BCUT2D eigenvalue weighted by atomic mass is 35.5. The standard InChI is InChI=1S/C15H17Cl2N5O4S/c1-3-21-7-12(22(24,8-21)13-19-20-15(25-2)27-13)26-14(23)18-9-4-5-10(16)11(17)6-9/h4-6,12H,3,7-8H2,1-2H3,(H,18,23). The number of carbonyl (C=O) groups excluding carboxylic acids is 1. The van der Waals surface area contributed by atoms with Gasteiger partial charge in [0.15, 0.2) is 0 Å². The van der Waals surface area contributed by atoms with Crippen LogP contribution in [0.2, 0.25) is 10.0 Å². The Bertz CT molecular complexity index is 838. The Morgan fingerprint density at radius 3 is 2.85 bits per heavy atom. The summed E-state index contributed by atoms with van der Waals surface area (Å²) in [4.78, 5) is 14.2. The molecule has 12 heteroatoms. The smallest absolute Gasteiger partial charge is 0.416 e. The first-order valence-corrected chi connectivity index (χ1v) is 9.54. The Labute approximate surface area is 169 Å². The predicted octanol–water partition coefficient (Wildman–Crippen LogP) is 3.53. The minimum Gasteiger partial charge on any atom is -0.622 e. The number of quaternary nitrogens is 1. The van der Waals surface area contributed by atoms with Crippen molar-refractivity contribution in [1.29, 1.82) is 0 Å². The van der Waals surface area contributed by atoms with Gasteiger partial charge in [-0.25, -0.2) is 9.69 Å². The molecule has 1 amide bonds. The van der Waals surface area contributed by atoms with Gasteiger partial charge in [0.25, 0.3) is 11.4 Å². The summed E-state index contributed by atoms with van der Waals surface area (Å²) in [5, 5.41) is 24.8. The van der Waals surface area contributed by atoms with Gasteiger partial charge in [0, 0.05) is 23.6 Å². The van der Waals surface area contributed by atoms with E-state index in [9.17, 15) is 10.0 Å². The Hall–Kier alpha value is -1.69. The van der Waals surface area contributed by atoms with E-state index in [4.69, 9.17) is 32.7 Å². The second kappa shape index (κ2) is 8.13. The molecule has 1 aromatic carbocycles. The van der Waals surface area contributed by atoms with E-state index in [1.165, 1.54) is 13.2 Å². The number of rotatable bonds is 5. The fourth-order valence-corrected chi connectivity index (χ4v) is 3.65. The molecule has 0 saturated carbocycles. The van der Waals surface area contributed by atoms with E-state index in [0.717, 1.165) is 11.3 Å². The molecule has 1 fully saturated rings. The third-order valence-electron chi connectivity index (χ3n) is 4.04. The molecule has 1 aromatic heterocycles. The second-order valence-electron chi connectivity index (χ2n) is 5.78. The number of nitrogens with zero attached hydrogens (tertiary/aromatic N) is 4. The maximum absolute atomic E-state index is 13.4. The molecule has 146 valence electrons. The zero-order chi connectivity index (χ0) is 19.6. The highest BCUT2D eigenvalue weighted by Crippen LogP contribution is 2.36. The van der Waals surface area contributed by atoms with Gasteiger partial charge in [-0.1, -0.05) is 40.3 Å². The number of methoxy groups -OCH3 is 1. The van der Waals surface area contributed by atoms with Crippen molar-refractivity contribution in [3.63, 3.8) is 0 Å². The third kappa shape index (κ3) is 4.26. The molecule has 1 aliphatic heterocycles. The summed E-state index contributed by atoms with van der Waals surface area (Å²) in [6.45, 7) is 2.92. The molecule has 9 nitrogen and oxygen atoms in total. The van der Waals surface area contributed by atoms with E-state index >= 15 is 0 Å². The molecule has 0 aliphatic carbocycles. The minimum absolute atomic E-state index is 0.0968. The summed E-state index contributed by atoms with van der Waals surface area (Å²) in [5.74, 6) is 0. The molecule has 0 bridgehead atoms. The van der Waals surface area contributed by atoms with E-state index < -0.39 is 17.0 Å². The molecule has 0 radical (unpaired) electrons. The quantitative estimate of drug-likeness (QED) is 0.568. The van der Waals surface area contributed by atoms with Crippen molar-refractivity contribution in [1.82, 2.24) is 19.7 Å². The van der Waals surface area contributed by atoms with Crippen molar-refractivity contribution in [3.05, 3.63) is 33.5 Å². The van der Waals surface area contributed by atoms with Crippen LogP contribution in [0.4, 0.5) is 15.6 Å². The molecule has 3 rings (SSSR count). The van der Waals surface area contributed by atoms with Gasteiger partial charge in [-0.2, -0.15) is 0 Å². The van der Waals surface area contributed by atoms with Crippen molar-refractivity contribution in [2.75, 3.05) is 32.2 Å². The highest BCUT2D eigenvalue weighted by molar-refractivity contribution is 7.16. The van der Waals surface area contributed by atoms with Gasteiger partial charge in [0.1, 0.15) is 6.67 Å².